The highest BCUT2D eigenvalue weighted by Gasteiger charge is 1.98. The zero-order valence-corrected chi connectivity index (χ0v) is 8.59. The third-order valence-electron chi connectivity index (χ3n) is 2.08. The molecule has 0 radical (unpaired) electrons. The molecule has 4 heteroatoms. The molecule has 78 valence electrons. The van der Waals surface area contributed by atoms with Gasteiger partial charge in [0.1, 0.15) is 6.54 Å². The van der Waals surface area contributed by atoms with E-state index < -0.39 is 0 Å². The molecule has 1 heterocycles. The number of hydrogen-bond donors (Lipinski definition) is 1. The van der Waals surface area contributed by atoms with Crippen LogP contribution < -0.4 is 5.32 Å². The summed E-state index contributed by atoms with van der Waals surface area (Å²) in [6, 6.07) is 11.9. The second-order valence-corrected chi connectivity index (χ2v) is 3.17. The molecule has 1 aromatic heterocycles. The number of anilines is 1. The third kappa shape index (κ3) is 2.34. The zero-order chi connectivity index (χ0) is 11.2. The first kappa shape index (κ1) is 10.1. The maximum atomic E-state index is 8.39. The van der Waals surface area contributed by atoms with E-state index in [4.69, 9.17) is 5.26 Å². The van der Waals surface area contributed by atoms with E-state index in [2.05, 4.69) is 15.3 Å². The van der Waals surface area contributed by atoms with Gasteiger partial charge in [0.2, 0.25) is 5.95 Å². The topological polar surface area (TPSA) is 61.6 Å². The van der Waals surface area contributed by atoms with Crippen LogP contribution >= 0.6 is 0 Å². The molecule has 4 nitrogen and oxygen atoms in total. The molecule has 0 bridgehead atoms. The molecular weight excluding hydrogens is 200 g/mol. The lowest BCUT2D eigenvalue weighted by atomic mass is 10.1. The summed E-state index contributed by atoms with van der Waals surface area (Å²) in [5, 5.41) is 11.2. The molecule has 0 saturated carbocycles. The molecule has 0 fully saturated rings. The van der Waals surface area contributed by atoms with Gasteiger partial charge >= 0.3 is 0 Å². The Morgan fingerprint density at radius 2 is 1.75 bits per heavy atom. The molecule has 0 spiro atoms. The van der Waals surface area contributed by atoms with Crippen LogP contribution in [0.15, 0.2) is 42.7 Å². The molecule has 16 heavy (non-hydrogen) atoms. The first-order chi connectivity index (χ1) is 7.90. The lowest BCUT2D eigenvalue weighted by Crippen LogP contribution is -2.02. The Bertz CT molecular complexity index is 485. The summed E-state index contributed by atoms with van der Waals surface area (Å²) in [4.78, 5) is 8.24. The molecule has 0 saturated heterocycles. The summed E-state index contributed by atoms with van der Waals surface area (Å²) >= 11 is 0. The van der Waals surface area contributed by atoms with Gasteiger partial charge in [-0.3, -0.25) is 0 Å². The van der Waals surface area contributed by atoms with Crippen LogP contribution in [0.25, 0.3) is 11.1 Å². The van der Waals surface area contributed by atoms with Crippen molar-refractivity contribution < 1.29 is 0 Å². The van der Waals surface area contributed by atoms with Gasteiger partial charge < -0.3 is 5.32 Å². The van der Waals surface area contributed by atoms with Crippen LogP contribution in [0.4, 0.5) is 5.95 Å². The molecular formula is C12H10N4. The van der Waals surface area contributed by atoms with E-state index in [0.29, 0.717) is 5.95 Å². The zero-order valence-electron chi connectivity index (χ0n) is 8.59. The number of nitrogens with zero attached hydrogens (tertiary/aromatic N) is 3. The largest absolute Gasteiger partial charge is 0.341 e. The van der Waals surface area contributed by atoms with Crippen molar-refractivity contribution >= 4 is 5.95 Å². The summed E-state index contributed by atoms with van der Waals surface area (Å²) in [5.74, 6) is 0.473. The fourth-order valence-electron chi connectivity index (χ4n) is 1.32. The SMILES string of the molecule is N#CCNc1ncc(-c2ccccc2)cn1. The molecule has 2 aromatic rings. The highest BCUT2D eigenvalue weighted by molar-refractivity contribution is 5.61. The van der Waals surface area contributed by atoms with E-state index in [1.165, 1.54) is 0 Å². The van der Waals surface area contributed by atoms with Crippen LogP contribution in [0.1, 0.15) is 0 Å². The van der Waals surface area contributed by atoms with Crippen molar-refractivity contribution in [1.82, 2.24) is 9.97 Å². The quantitative estimate of drug-likeness (QED) is 0.788. The number of hydrogen-bond acceptors (Lipinski definition) is 4. The standard InChI is InChI=1S/C12H10N4/c13-6-7-14-12-15-8-11(9-16-12)10-4-2-1-3-5-10/h1-5,8-9H,7H2,(H,14,15,16). The Hall–Kier alpha value is -2.41. The monoisotopic (exact) mass is 210 g/mol. The third-order valence-corrected chi connectivity index (χ3v) is 2.08. The lowest BCUT2D eigenvalue weighted by Gasteiger charge is -2.02. The Morgan fingerprint density at radius 3 is 2.38 bits per heavy atom. The first-order valence-electron chi connectivity index (χ1n) is 4.88. The van der Waals surface area contributed by atoms with Crippen LogP contribution in [0.3, 0.4) is 0 Å². The molecule has 0 amide bonds. The minimum absolute atomic E-state index is 0.213. The summed E-state index contributed by atoms with van der Waals surface area (Å²) in [6.07, 6.45) is 3.48. The number of nitrogens with one attached hydrogen (secondary N) is 1. The van der Waals surface area contributed by atoms with E-state index in [1.807, 2.05) is 36.4 Å². The first-order valence-corrected chi connectivity index (χ1v) is 4.88. The fourth-order valence-corrected chi connectivity index (χ4v) is 1.32. The van der Waals surface area contributed by atoms with Crippen LogP contribution in [0.2, 0.25) is 0 Å². The summed E-state index contributed by atoms with van der Waals surface area (Å²) in [6.45, 7) is 0.213. The van der Waals surface area contributed by atoms with Crippen LogP contribution in [0, 0.1) is 11.3 Å². The molecule has 0 atom stereocenters. The van der Waals surface area contributed by atoms with Crippen LogP contribution in [-0.2, 0) is 0 Å². The van der Waals surface area contributed by atoms with Crippen LogP contribution in [-0.4, -0.2) is 16.5 Å². The Kier molecular flexibility index (Phi) is 3.10. The predicted molar refractivity (Wildman–Crippen MR) is 61.6 cm³/mol. The van der Waals surface area contributed by atoms with Crippen molar-refractivity contribution in [2.45, 2.75) is 0 Å². The van der Waals surface area contributed by atoms with Gasteiger partial charge in [-0.15, -0.1) is 0 Å². The van der Waals surface area contributed by atoms with Crippen molar-refractivity contribution in [3.63, 3.8) is 0 Å². The predicted octanol–water partition coefficient (Wildman–Crippen LogP) is 2.08. The molecule has 1 N–H and O–H groups in total. The number of rotatable bonds is 3. The molecule has 0 aliphatic rings. The lowest BCUT2D eigenvalue weighted by molar-refractivity contribution is 1.12. The summed E-state index contributed by atoms with van der Waals surface area (Å²) < 4.78 is 0. The highest BCUT2D eigenvalue weighted by Crippen LogP contribution is 2.16. The summed E-state index contributed by atoms with van der Waals surface area (Å²) in [5.41, 5.74) is 2.04. The maximum Gasteiger partial charge on any atom is 0.223 e. The number of aromatic nitrogens is 2. The van der Waals surface area contributed by atoms with Gasteiger partial charge in [0.05, 0.1) is 6.07 Å². The maximum absolute atomic E-state index is 8.39. The molecule has 0 aliphatic carbocycles. The minimum Gasteiger partial charge on any atom is -0.341 e. The van der Waals surface area contributed by atoms with Crippen LogP contribution in [0.5, 0.6) is 0 Å². The van der Waals surface area contributed by atoms with Gasteiger partial charge in [-0.1, -0.05) is 30.3 Å². The molecule has 0 unspecified atom stereocenters. The van der Waals surface area contributed by atoms with Gasteiger partial charge in [0, 0.05) is 18.0 Å². The van der Waals surface area contributed by atoms with Gasteiger partial charge in [0.25, 0.3) is 0 Å². The van der Waals surface area contributed by atoms with Gasteiger partial charge in [-0.05, 0) is 5.56 Å². The van der Waals surface area contributed by atoms with Crippen molar-refractivity contribution in [1.29, 1.82) is 5.26 Å². The van der Waals surface area contributed by atoms with Crippen molar-refractivity contribution in [3.8, 4) is 17.2 Å². The van der Waals surface area contributed by atoms with Gasteiger partial charge in [0.15, 0.2) is 0 Å². The average molecular weight is 210 g/mol. The van der Waals surface area contributed by atoms with Crippen molar-refractivity contribution in [3.05, 3.63) is 42.7 Å². The molecule has 2 rings (SSSR count). The second kappa shape index (κ2) is 4.89. The van der Waals surface area contributed by atoms with Crippen molar-refractivity contribution in [2.75, 3.05) is 11.9 Å². The van der Waals surface area contributed by atoms with E-state index in [1.54, 1.807) is 12.4 Å². The summed E-state index contributed by atoms with van der Waals surface area (Å²) in [7, 11) is 0. The van der Waals surface area contributed by atoms with E-state index in [-0.39, 0.29) is 6.54 Å². The second-order valence-electron chi connectivity index (χ2n) is 3.17. The Labute approximate surface area is 93.6 Å². The van der Waals surface area contributed by atoms with E-state index in [0.717, 1.165) is 11.1 Å². The number of benzene rings is 1. The normalized spacial score (nSPS) is 9.44. The van der Waals surface area contributed by atoms with E-state index >= 15 is 0 Å². The van der Waals surface area contributed by atoms with Gasteiger partial charge in [-0.25, -0.2) is 9.97 Å². The number of nitriles is 1. The molecule has 1 aromatic carbocycles. The smallest absolute Gasteiger partial charge is 0.223 e. The minimum atomic E-state index is 0.213. The highest BCUT2D eigenvalue weighted by atomic mass is 15.1. The van der Waals surface area contributed by atoms with Crippen molar-refractivity contribution in [2.24, 2.45) is 0 Å². The van der Waals surface area contributed by atoms with E-state index in [9.17, 15) is 0 Å². The fraction of sp³-hybridized carbons (Fsp3) is 0.0833. The average Bonchev–Trinajstić information content (AvgIpc) is 2.38. The van der Waals surface area contributed by atoms with Gasteiger partial charge in [-0.2, -0.15) is 5.26 Å². The Balaban J connectivity index is 2.17. The molecule has 0 aliphatic heterocycles. The Morgan fingerprint density at radius 1 is 1.06 bits per heavy atom.